The molecule has 104 valence electrons. The van der Waals surface area contributed by atoms with Crippen LogP contribution in [0, 0.1) is 5.92 Å². The lowest BCUT2D eigenvalue weighted by Crippen LogP contribution is -2.31. The van der Waals surface area contributed by atoms with Gasteiger partial charge in [-0.2, -0.15) is 0 Å². The van der Waals surface area contributed by atoms with E-state index in [2.05, 4.69) is 37.4 Å². The van der Waals surface area contributed by atoms with Crippen molar-refractivity contribution < 1.29 is 0 Å². The third-order valence-electron chi connectivity index (χ3n) is 4.84. The second kappa shape index (κ2) is 5.56. The number of rotatable bonds is 4. The quantitative estimate of drug-likeness (QED) is 0.789. The fourth-order valence-electron chi connectivity index (χ4n) is 3.77. The standard InChI is InChI=1S/C18H27N/c1-13(2)5-3-6-14-9-10-18-17(11-14)15-7-4-8-16(12-15)19-18/h9-11,13,15-16,19H,3-8,12H2,1-2H3. The number of nitrogens with one attached hydrogen (secondary N) is 1. The molecule has 1 saturated carbocycles. The van der Waals surface area contributed by atoms with Gasteiger partial charge in [0.1, 0.15) is 0 Å². The number of benzene rings is 1. The molecule has 0 spiro atoms. The summed E-state index contributed by atoms with van der Waals surface area (Å²) in [6.07, 6.45) is 9.47. The molecular weight excluding hydrogens is 230 g/mol. The molecule has 1 heterocycles. The van der Waals surface area contributed by atoms with Gasteiger partial charge in [0.05, 0.1) is 0 Å². The topological polar surface area (TPSA) is 12.0 Å². The molecule has 1 aliphatic carbocycles. The van der Waals surface area contributed by atoms with Crippen LogP contribution in [0.4, 0.5) is 5.69 Å². The molecule has 3 rings (SSSR count). The largest absolute Gasteiger partial charge is 0.382 e. The minimum absolute atomic E-state index is 0.748. The van der Waals surface area contributed by atoms with Crippen molar-refractivity contribution in [2.45, 2.75) is 70.8 Å². The second-order valence-electron chi connectivity index (χ2n) is 6.91. The molecule has 0 radical (unpaired) electrons. The van der Waals surface area contributed by atoms with Gasteiger partial charge >= 0.3 is 0 Å². The van der Waals surface area contributed by atoms with Gasteiger partial charge in [-0.15, -0.1) is 0 Å². The van der Waals surface area contributed by atoms with Crippen LogP contribution in [0.25, 0.3) is 0 Å². The Morgan fingerprint density at radius 3 is 3.00 bits per heavy atom. The first-order valence-electron chi connectivity index (χ1n) is 8.11. The molecular formula is C18H27N. The van der Waals surface area contributed by atoms with Gasteiger partial charge in [0.25, 0.3) is 0 Å². The zero-order valence-corrected chi connectivity index (χ0v) is 12.4. The van der Waals surface area contributed by atoms with Crippen LogP contribution in [-0.2, 0) is 6.42 Å². The molecule has 1 nitrogen and oxygen atoms in total. The number of anilines is 1. The van der Waals surface area contributed by atoms with Crippen LogP contribution in [-0.4, -0.2) is 6.04 Å². The Bertz CT molecular complexity index is 435. The Balaban J connectivity index is 1.72. The minimum atomic E-state index is 0.748. The average molecular weight is 257 g/mol. The predicted molar refractivity (Wildman–Crippen MR) is 82.8 cm³/mol. The van der Waals surface area contributed by atoms with E-state index >= 15 is 0 Å². The maximum absolute atomic E-state index is 3.73. The summed E-state index contributed by atoms with van der Waals surface area (Å²) >= 11 is 0. The van der Waals surface area contributed by atoms with E-state index in [1.165, 1.54) is 50.6 Å². The molecule has 1 N–H and O–H groups in total. The molecule has 1 fully saturated rings. The van der Waals surface area contributed by atoms with Gasteiger partial charge < -0.3 is 5.32 Å². The summed E-state index contributed by atoms with van der Waals surface area (Å²) in [4.78, 5) is 0. The summed E-state index contributed by atoms with van der Waals surface area (Å²) in [5.41, 5.74) is 4.58. The van der Waals surface area contributed by atoms with Gasteiger partial charge in [0, 0.05) is 11.7 Å². The monoisotopic (exact) mass is 257 g/mol. The highest BCUT2D eigenvalue weighted by Gasteiger charge is 2.29. The normalized spacial score (nSPS) is 25.0. The van der Waals surface area contributed by atoms with Crippen molar-refractivity contribution in [2.75, 3.05) is 5.32 Å². The van der Waals surface area contributed by atoms with E-state index in [0.717, 1.165) is 17.9 Å². The molecule has 1 aliphatic heterocycles. The van der Waals surface area contributed by atoms with Gasteiger partial charge in [-0.25, -0.2) is 0 Å². The second-order valence-corrected chi connectivity index (χ2v) is 6.91. The number of hydrogen-bond acceptors (Lipinski definition) is 1. The lowest BCUT2D eigenvalue weighted by Gasteiger charge is -2.37. The van der Waals surface area contributed by atoms with Crippen molar-refractivity contribution in [1.29, 1.82) is 0 Å². The van der Waals surface area contributed by atoms with Crippen molar-refractivity contribution in [3.63, 3.8) is 0 Å². The van der Waals surface area contributed by atoms with Crippen molar-refractivity contribution in [3.8, 4) is 0 Å². The van der Waals surface area contributed by atoms with Crippen molar-refractivity contribution in [1.82, 2.24) is 0 Å². The molecule has 2 unspecified atom stereocenters. The first-order chi connectivity index (χ1) is 9.22. The lowest BCUT2D eigenvalue weighted by molar-refractivity contribution is 0.397. The Hall–Kier alpha value is -0.980. The van der Waals surface area contributed by atoms with Crippen LogP contribution >= 0.6 is 0 Å². The molecule has 1 aromatic rings. The van der Waals surface area contributed by atoms with Crippen LogP contribution in [0.2, 0.25) is 0 Å². The Morgan fingerprint density at radius 2 is 2.16 bits per heavy atom. The summed E-state index contributed by atoms with van der Waals surface area (Å²) in [6, 6.07) is 7.92. The highest BCUT2D eigenvalue weighted by Crippen LogP contribution is 2.42. The van der Waals surface area contributed by atoms with E-state index < -0.39 is 0 Å². The maximum Gasteiger partial charge on any atom is 0.0377 e. The molecule has 1 aromatic carbocycles. The van der Waals surface area contributed by atoms with Crippen LogP contribution in [0.1, 0.15) is 69.4 Å². The smallest absolute Gasteiger partial charge is 0.0377 e. The van der Waals surface area contributed by atoms with Crippen molar-refractivity contribution in [2.24, 2.45) is 5.92 Å². The van der Waals surface area contributed by atoms with E-state index in [0.29, 0.717) is 0 Å². The summed E-state index contributed by atoms with van der Waals surface area (Å²) in [6.45, 7) is 4.64. The van der Waals surface area contributed by atoms with Crippen LogP contribution in [0.5, 0.6) is 0 Å². The number of fused-ring (bicyclic) bond motifs is 4. The van der Waals surface area contributed by atoms with Crippen molar-refractivity contribution in [3.05, 3.63) is 29.3 Å². The number of aryl methyl sites for hydroxylation is 1. The molecule has 0 amide bonds. The Labute approximate surface area is 117 Å². The van der Waals surface area contributed by atoms with E-state index in [4.69, 9.17) is 0 Å². The predicted octanol–water partition coefficient (Wildman–Crippen LogP) is 5.12. The molecule has 0 aromatic heterocycles. The fraction of sp³-hybridized carbons (Fsp3) is 0.667. The first kappa shape index (κ1) is 13.0. The fourth-order valence-corrected chi connectivity index (χ4v) is 3.77. The lowest BCUT2D eigenvalue weighted by atomic mass is 9.77. The summed E-state index contributed by atoms with van der Waals surface area (Å²) < 4.78 is 0. The average Bonchev–Trinajstić information content (AvgIpc) is 2.39. The van der Waals surface area contributed by atoms with Crippen LogP contribution < -0.4 is 5.32 Å². The SMILES string of the molecule is CC(C)CCCc1ccc2c(c1)C1CCCC(C1)N2. The van der Waals surface area contributed by atoms with Gasteiger partial charge in [-0.3, -0.25) is 0 Å². The molecule has 1 heteroatoms. The van der Waals surface area contributed by atoms with Crippen molar-refractivity contribution >= 4 is 5.69 Å². The molecule has 0 saturated heterocycles. The zero-order chi connectivity index (χ0) is 13.2. The Kier molecular flexibility index (Phi) is 3.81. The highest BCUT2D eigenvalue weighted by molar-refractivity contribution is 5.57. The Morgan fingerprint density at radius 1 is 1.26 bits per heavy atom. The zero-order valence-electron chi connectivity index (χ0n) is 12.4. The molecule has 2 aliphatic rings. The summed E-state index contributed by atoms with van der Waals surface area (Å²) in [5.74, 6) is 1.67. The molecule has 19 heavy (non-hydrogen) atoms. The van der Waals surface area contributed by atoms with Gasteiger partial charge in [-0.1, -0.05) is 38.8 Å². The van der Waals surface area contributed by atoms with Crippen LogP contribution in [0.3, 0.4) is 0 Å². The molecule has 2 atom stereocenters. The summed E-state index contributed by atoms with van der Waals surface area (Å²) in [7, 11) is 0. The van der Waals surface area contributed by atoms with E-state index in [-0.39, 0.29) is 0 Å². The van der Waals surface area contributed by atoms with Crippen LogP contribution in [0.15, 0.2) is 18.2 Å². The first-order valence-corrected chi connectivity index (χ1v) is 8.11. The summed E-state index contributed by atoms with van der Waals surface area (Å²) in [5, 5.41) is 3.73. The third kappa shape index (κ3) is 2.96. The maximum atomic E-state index is 3.73. The van der Waals surface area contributed by atoms with E-state index in [9.17, 15) is 0 Å². The third-order valence-corrected chi connectivity index (χ3v) is 4.84. The number of hydrogen-bond donors (Lipinski definition) is 1. The van der Waals surface area contributed by atoms with Gasteiger partial charge in [0.15, 0.2) is 0 Å². The van der Waals surface area contributed by atoms with E-state index in [1.54, 1.807) is 11.1 Å². The highest BCUT2D eigenvalue weighted by atomic mass is 14.9. The van der Waals surface area contributed by atoms with E-state index in [1.807, 2.05) is 0 Å². The molecule has 2 bridgehead atoms. The van der Waals surface area contributed by atoms with Gasteiger partial charge in [-0.05, 0) is 61.1 Å². The van der Waals surface area contributed by atoms with Gasteiger partial charge in [0.2, 0.25) is 0 Å². The minimum Gasteiger partial charge on any atom is -0.382 e.